The Morgan fingerprint density at radius 2 is 2.46 bits per heavy atom. The van der Waals surface area contributed by atoms with Crippen molar-refractivity contribution in [1.82, 2.24) is 0 Å². The number of rotatable bonds is 5. The molecule has 0 saturated heterocycles. The molecule has 0 spiro atoms. The summed E-state index contributed by atoms with van der Waals surface area (Å²) in [5.74, 6) is 1.94. The first-order chi connectivity index (χ1) is 6.34. The third kappa shape index (κ3) is 3.51. The molecule has 0 saturated carbocycles. The van der Waals surface area contributed by atoms with Crippen molar-refractivity contribution in [2.45, 2.75) is 18.2 Å². The Balaban J connectivity index is 2.24. The predicted octanol–water partition coefficient (Wildman–Crippen LogP) is 2.83. The van der Waals surface area contributed by atoms with Gasteiger partial charge in [-0.2, -0.15) is 0 Å². The lowest BCUT2D eigenvalue weighted by Gasteiger charge is -1.95. The van der Waals surface area contributed by atoms with Gasteiger partial charge < -0.3 is 4.42 Å². The summed E-state index contributed by atoms with van der Waals surface area (Å²) in [5.41, 5.74) is 0. The normalized spacial score (nSPS) is 10.8. The highest BCUT2D eigenvalue weighted by atomic mass is 32.2. The Kier molecular flexibility index (Phi) is 4.40. The van der Waals surface area contributed by atoms with E-state index in [0.29, 0.717) is 0 Å². The summed E-state index contributed by atoms with van der Waals surface area (Å²) in [6, 6.07) is 1.96. The number of carbonyl (C=O) groups is 1. The third-order valence-corrected chi connectivity index (χ3v) is 2.74. The lowest BCUT2D eigenvalue weighted by molar-refractivity contribution is -0.104. The van der Waals surface area contributed by atoms with Crippen molar-refractivity contribution in [1.29, 1.82) is 0 Å². The second kappa shape index (κ2) is 5.65. The number of furan rings is 1. The van der Waals surface area contributed by atoms with E-state index in [4.69, 9.17) is 4.42 Å². The Morgan fingerprint density at radius 1 is 1.62 bits per heavy atom. The van der Waals surface area contributed by atoms with Crippen LogP contribution >= 0.6 is 11.8 Å². The van der Waals surface area contributed by atoms with Gasteiger partial charge in [-0.1, -0.05) is 6.08 Å². The summed E-state index contributed by atoms with van der Waals surface area (Å²) < 4.78 is 5.15. The van der Waals surface area contributed by atoms with Crippen LogP contribution < -0.4 is 0 Å². The van der Waals surface area contributed by atoms with Crippen molar-refractivity contribution in [2.75, 3.05) is 5.75 Å². The summed E-state index contributed by atoms with van der Waals surface area (Å²) in [7, 11) is 0. The zero-order chi connectivity index (χ0) is 9.52. The van der Waals surface area contributed by atoms with Gasteiger partial charge in [-0.05, 0) is 25.5 Å². The van der Waals surface area contributed by atoms with E-state index in [1.807, 2.05) is 19.1 Å². The number of hydrogen-bond donors (Lipinski definition) is 0. The molecule has 0 unspecified atom stereocenters. The number of thioether (sulfide) groups is 1. The summed E-state index contributed by atoms with van der Waals surface area (Å²) >= 11 is 1.74. The van der Waals surface area contributed by atoms with Gasteiger partial charge in [-0.15, -0.1) is 11.8 Å². The maximum absolute atomic E-state index is 9.94. The van der Waals surface area contributed by atoms with Crippen molar-refractivity contribution >= 4 is 18.0 Å². The molecule has 70 valence electrons. The number of aryl methyl sites for hydroxylation is 1. The van der Waals surface area contributed by atoms with Gasteiger partial charge in [0.15, 0.2) is 0 Å². The Hall–Kier alpha value is -0.960. The maximum Gasteiger partial charge on any atom is 0.142 e. The molecule has 1 aromatic rings. The van der Waals surface area contributed by atoms with Crippen LogP contribution in [0.3, 0.4) is 0 Å². The van der Waals surface area contributed by atoms with E-state index in [9.17, 15) is 4.79 Å². The summed E-state index contributed by atoms with van der Waals surface area (Å²) in [4.78, 5) is 11.1. The highest BCUT2D eigenvalue weighted by Gasteiger charge is 1.99. The average molecular weight is 196 g/mol. The molecule has 0 atom stereocenters. The molecule has 13 heavy (non-hydrogen) atoms. The van der Waals surface area contributed by atoms with E-state index in [-0.39, 0.29) is 0 Å². The van der Waals surface area contributed by atoms with Crippen LogP contribution in [0.4, 0.5) is 0 Å². The zero-order valence-corrected chi connectivity index (χ0v) is 8.34. The summed E-state index contributed by atoms with van der Waals surface area (Å²) in [6.45, 7) is 1.95. The lowest BCUT2D eigenvalue weighted by Crippen LogP contribution is -1.76. The molecule has 0 aliphatic heterocycles. The molecule has 0 amide bonds. The first kappa shape index (κ1) is 10.1. The molecule has 0 aliphatic rings. The van der Waals surface area contributed by atoms with Crippen LogP contribution in [-0.2, 0) is 4.79 Å². The fourth-order valence-electron chi connectivity index (χ4n) is 0.912. The number of carbonyl (C=O) groups excluding carboxylic acids is 1. The number of aldehydes is 1. The Morgan fingerprint density at radius 3 is 3.08 bits per heavy atom. The molecule has 3 heteroatoms. The first-order valence-corrected chi connectivity index (χ1v) is 5.10. The highest BCUT2D eigenvalue weighted by Crippen LogP contribution is 2.23. The predicted molar refractivity (Wildman–Crippen MR) is 54.0 cm³/mol. The molecule has 0 fully saturated rings. The quantitative estimate of drug-likeness (QED) is 0.314. The molecule has 1 heterocycles. The molecule has 1 rings (SSSR count). The van der Waals surface area contributed by atoms with Gasteiger partial charge in [-0.3, -0.25) is 4.79 Å². The SMILES string of the molecule is Cc1occc1SCC/C=C/C=O. The molecular weight excluding hydrogens is 184 g/mol. The Bertz CT molecular complexity index is 289. The highest BCUT2D eigenvalue weighted by molar-refractivity contribution is 7.99. The standard InChI is InChI=1S/C10H12O2S/c1-9-10(5-7-12-9)13-8-4-2-3-6-11/h2-3,5-7H,4,8H2,1H3/b3-2+. The van der Waals surface area contributed by atoms with Gasteiger partial charge in [0.05, 0.1) is 6.26 Å². The van der Waals surface area contributed by atoms with E-state index >= 15 is 0 Å². The van der Waals surface area contributed by atoms with Crippen LogP contribution in [0.5, 0.6) is 0 Å². The number of hydrogen-bond acceptors (Lipinski definition) is 3. The molecular formula is C10H12O2S. The fourth-order valence-corrected chi connectivity index (χ4v) is 1.79. The van der Waals surface area contributed by atoms with Gasteiger partial charge in [0, 0.05) is 10.6 Å². The van der Waals surface area contributed by atoms with Gasteiger partial charge in [0.25, 0.3) is 0 Å². The molecule has 1 aromatic heterocycles. The van der Waals surface area contributed by atoms with Crippen molar-refractivity contribution in [3.8, 4) is 0 Å². The van der Waals surface area contributed by atoms with Gasteiger partial charge in [0.2, 0.25) is 0 Å². The van der Waals surface area contributed by atoms with Crippen LogP contribution in [0.25, 0.3) is 0 Å². The van der Waals surface area contributed by atoms with E-state index in [0.717, 1.165) is 24.2 Å². The van der Waals surface area contributed by atoms with E-state index in [1.54, 1.807) is 18.0 Å². The van der Waals surface area contributed by atoms with Crippen LogP contribution in [0.15, 0.2) is 33.8 Å². The minimum Gasteiger partial charge on any atom is -0.468 e. The van der Waals surface area contributed by atoms with E-state index < -0.39 is 0 Å². The lowest BCUT2D eigenvalue weighted by atomic mass is 10.4. The first-order valence-electron chi connectivity index (χ1n) is 4.12. The van der Waals surface area contributed by atoms with Crippen molar-refractivity contribution in [3.05, 3.63) is 30.2 Å². The van der Waals surface area contributed by atoms with Gasteiger partial charge >= 0.3 is 0 Å². The maximum atomic E-state index is 9.94. The van der Waals surface area contributed by atoms with Gasteiger partial charge in [-0.25, -0.2) is 0 Å². The fraction of sp³-hybridized carbons (Fsp3) is 0.300. The zero-order valence-electron chi connectivity index (χ0n) is 7.53. The topological polar surface area (TPSA) is 30.2 Å². The molecule has 0 aliphatic carbocycles. The van der Waals surface area contributed by atoms with Crippen LogP contribution in [-0.4, -0.2) is 12.0 Å². The second-order valence-electron chi connectivity index (χ2n) is 2.54. The van der Waals surface area contributed by atoms with E-state index in [2.05, 4.69) is 0 Å². The largest absolute Gasteiger partial charge is 0.468 e. The van der Waals surface area contributed by atoms with Crippen LogP contribution in [0.1, 0.15) is 12.2 Å². The van der Waals surface area contributed by atoms with Crippen LogP contribution in [0, 0.1) is 6.92 Å². The number of allylic oxidation sites excluding steroid dienone is 2. The van der Waals surface area contributed by atoms with Gasteiger partial charge in [0.1, 0.15) is 12.0 Å². The smallest absolute Gasteiger partial charge is 0.142 e. The van der Waals surface area contributed by atoms with Crippen LogP contribution in [0.2, 0.25) is 0 Å². The minimum absolute atomic E-state index is 0.799. The minimum atomic E-state index is 0.799. The molecule has 0 bridgehead atoms. The van der Waals surface area contributed by atoms with Crippen molar-refractivity contribution in [2.24, 2.45) is 0 Å². The molecule has 0 radical (unpaired) electrons. The van der Waals surface area contributed by atoms with Crippen molar-refractivity contribution in [3.63, 3.8) is 0 Å². The third-order valence-electron chi connectivity index (χ3n) is 1.57. The average Bonchev–Trinajstić information content (AvgIpc) is 2.52. The van der Waals surface area contributed by atoms with E-state index in [1.165, 1.54) is 11.0 Å². The monoisotopic (exact) mass is 196 g/mol. The van der Waals surface area contributed by atoms with Crippen molar-refractivity contribution < 1.29 is 9.21 Å². The molecule has 0 N–H and O–H groups in total. The molecule has 2 nitrogen and oxygen atoms in total. The Labute approximate surface area is 82.0 Å². The summed E-state index contributed by atoms with van der Waals surface area (Å²) in [6.07, 6.45) is 6.80. The summed E-state index contributed by atoms with van der Waals surface area (Å²) in [5, 5.41) is 0. The molecule has 0 aromatic carbocycles. The second-order valence-corrected chi connectivity index (χ2v) is 3.68.